The normalized spacial score (nSPS) is 9.31. The van der Waals surface area contributed by atoms with Crippen molar-refractivity contribution in [2.24, 2.45) is 0 Å². The number of ether oxygens (including phenoxy) is 1. The highest BCUT2D eigenvalue weighted by Gasteiger charge is 1.96. The van der Waals surface area contributed by atoms with Crippen LogP contribution < -0.4 is 10.1 Å². The number of aromatic nitrogens is 2. The Kier molecular flexibility index (Phi) is 3.75. The summed E-state index contributed by atoms with van der Waals surface area (Å²) in [5.74, 6) is 1.15. The second kappa shape index (κ2) is 5.13. The molecule has 0 amide bonds. The molecule has 1 rings (SSSR count). The highest BCUT2D eigenvalue weighted by atomic mass is 16.5. The van der Waals surface area contributed by atoms with Gasteiger partial charge in [0, 0.05) is 19.3 Å². The van der Waals surface area contributed by atoms with Crippen molar-refractivity contribution in [3.63, 3.8) is 0 Å². The van der Waals surface area contributed by atoms with Gasteiger partial charge >= 0.3 is 0 Å². The van der Waals surface area contributed by atoms with Gasteiger partial charge in [-0.1, -0.05) is 6.08 Å². The van der Waals surface area contributed by atoms with Crippen molar-refractivity contribution in [3.8, 4) is 5.88 Å². The molecule has 0 radical (unpaired) electrons. The van der Waals surface area contributed by atoms with Gasteiger partial charge in [0.05, 0.1) is 6.61 Å². The number of rotatable bonds is 5. The van der Waals surface area contributed by atoms with E-state index in [2.05, 4.69) is 21.9 Å². The zero-order valence-corrected chi connectivity index (χ0v) is 7.66. The molecule has 0 bridgehead atoms. The molecule has 1 heterocycles. The van der Waals surface area contributed by atoms with E-state index in [-0.39, 0.29) is 0 Å². The minimum absolute atomic E-state index is 0.566. The molecule has 0 aliphatic heterocycles. The molecule has 0 atom stereocenters. The highest BCUT2D eigenvalue weighted by Crippen LogP contribution is 2.07. The summed E-state index contributed by atoms with van der Waals surface area (Å²) in [5.41, 5.74) is 0. The average Bonchev–Trinajstić information content (AvgIpc) is 2.19. The number of hydrogen-bond acceptors (Lipinski definition) is 4. The number of hydrogen-bond donors (Lipinski definition) is 1. The van der Waals surface area contributed by atoms with E-state index >= 15 is 0 Å². The smallest absolute Gasteiger partial charge is 0.225 e. The minimum atomic E-state index is 0.566. The predicted molar refractivity (Wildman–Crippen MR) is 51.9 cm³/mol. The van der Waals surface area contributed by atoms with Gasteiger partial charge in [0.1, 0.15) is 0 Å². The fourth-order valence-corrected chi connectivity index (χ4v) is 0.790. The lowest BCUT2D eigenvalue weighted by molar-refractivity contribution is 0.312. The molecule has 0 saturated carbocycles. The van der Waals surface area contributed by atoms with Crippen LogP contribution in [0, 0.1) is 0 Å². The summed E-state index contributed by atoms with van der Waals surface area (Å²) in [7, 11) is 1.77. The molecule has 0 aliphatic carbocycles. The Balaban J connectivity index is 2.50. The van der Waals surface area contributed by atoms with E-state index in [0.29, 0.717) is 18.4 Å². The van der Waals surface area contributed by atoms with E-state index in [9.17, 15) is 0 Å². The van der Waals surface area contributed by atoms with E-state index in [1.54, 1.807) is 25.4 Å². The van der Waals surface area contributed by atoms with Crippen molar-refractivity contribution in [1.82, 2.24) is 9.97 Å². The van der Waals surface area contributed by atoms with Crippen molar-refractivity contribution >= 4 is 5.95 Å². The Morgan fingerprint density at radius 3 is 3.23 bits per heavy atom. The zero-order chi connectivity index (χ0) is 9.52. The third-order valence-corrected chi connectivity index (χ3v) is 1.43. The van der Waals surface area contributed by atoms with Gasteiger partial charge in [-0.15, -0.1) is 6.58 Å². The van der Waals surface area contributed by atoms with Crippen LogP contribution in [0.5, 0.6) is 5.88 Å². The molecule has 0 unspecified atom stereocenters. The summed E-state index contributed by atoms with van der Waals surface area (Å²) in [6, 6.07) is 1.73. The third kappa shape index (κ3) is 3.11. The average molecular weight is 179 g/mol. The van der Waals surface area contributed by atoms with Crippen LogP contribution in [0.3, 0.4) is 0 Å². The van der Waals surface area contributed by atoms with Gasteiger partial charge < -0.3 is 10.1 Å². The van der Waals surface area contributed by atoms with Gasteiger partial charge in [0.25, 0.3) is 0 Å². The van der Waals surface area contributed by atoms with Crippen molar-refractivity contribution in [2.75, 3.05) is 19.0 Å². The van der Waals surface area contributed by atoms with Crippen LogP contribution in [0.2, 0.25) is 0 Å². The molecule has 0 saturated heterocycles. The highest BCUT2D eigenvalue weighted by molar-refractivity contribution is 5.25. The number of nitrogens with zero attached hydrogens (tertiary/aromatic N) is 2. The van der Waals surface area contributed by atoms with E-state index < -0.39 is 0 Å². The molecule has 13 heavy (non-hydrogen) atoms. The first-order chi connectivity index (χ1) is 6.36. The Morgan fingerprint density at radius 2 is 2.54 bits per heavy atom. The van der Waals surface area contributed by atoms with Crippen molar-refractivity contribution in [2.45, 2.75) is 6.42 Å². The maximum atomic E-state index is 5.33. The largest absolute Gasteiger partial charge is 0.477 e. The van der Waals surface area contributed by atoms with E-state index in [0.717, 1.165) is 6.42 Å². The van der Waals surface area contributed by atoms with Crippen LogP contribution in [0.4, 0.5) is 5.95 Å². The molecule has 4 heteroatoms. The van der Waals surface area contributed by atoms with Crippen LogP contribution in [-0.2, 0) is 0 Å². The first-order valence-corrected chi connectivity index (χ1v) is 4.11. The minimum Gasteiger partial charge on any atom is -0.477 e. The monoisotopic (exact) mass is 179 g/mol. The van der Waals surface area contributed by atoms with Gasteiger partial charge in [0.15, 0.2) is 0 Å². The summed E-state index contributed by atoms with van der Waals surface area (Å²) >= 11 is 0. The van der Waals surface area contributed by atoms with E-state index in [1.807, 2.05) is 0 Å². The van der Waals surface area contributed by atoms with Crippen LogP contribution >= 0.6 is 0 Å². The summed E-state index contributed by atoms with van der Waals surface area (Å²) in [6.45, 7) is 4.20. The molecule has 1 aromatic rings. The van der Waals surface area contributed by atoms with Crippen molar-refractivity contribution in [1.29, 1.82) is 0 Å². The predicted octanol–water partition coefficient (Wildman–Crippen LogP) is 1.47. The van der Waals surface area contributed by atoms with E-state index in [1.165, 1.54) is 0 Å². The quantitative estimate of drug-likeness (QED) is 0.549. The van der Waals surface area contributed by atoms with Crippen LogP contribution in [0.25, 0.3) is 0 Å². The molecular weight excluding hydrogens is 166 g/mol. The van der Waals surface area contributed by atoms with Gasteiger partial charge in [-0.25, -0.2) is 4.98 Å². The lowest BCUT2D eigenvalue weighted by Crippen LogP contribution is -2.01. The standard InChI is InChI=1S/C9H13N3O/c1-3-4-7-13-8-5-6-11-9(10-2)12-8/h3,5-6H,1,4,7H2,2H3,(H,10,11,12). The zero-order valence-electron chi connectivity index (χ0n) is 7.66. The third-order valence-electron chi connectivity index (χ3n) is 1.43. The first-order valence-electron chi connectivity index (χ1n) is 4.11. The molecule has 1 N–H and O–H groups in total. The maximum absolute atomic E-state index is 5.33. The topological polar surface area (TPSA) is 47.0 Å². The number of anilines is 1. The fraction of sp³-hybridized carbons (Fsp3) is 0.333. The molecule has 70 valence electrons. The van der Waals surface area contributed by atoms with Gasteiger partial charge in [-0.3, -0.25) is 0 Å². The molecular formula is C9H13N3O. The summed E-state index contributed by atoms with van der Waals surface area (Å²) in [6.07, 6.45) is 4.28. The Bertz CT molecular complexity index is 275. The second-order valence-corrected chi connectivity index (χ2v) is 2.39. The van der Waals surface area contributed by atoms with Crippen LogP contribution in [0.1, 0.15) is 6.42 Å². The SMILES string of the molecule is C=CCCOc1ccnc(NC)n1. The fourth-order valence-electron chi connectivity index (χ4n) is 0.790. The van der Waals surface area contributed by atoms with E-state index in [4.69, 9.17) is 4.74 Å². The van der Waals surface area contributed by atoms with Gasteiger partial charge in [-0.2, -0.15) is 4.98 Å². The summed E-state index contributed by atoms with van der Waals surface area (Å²) < 4.78 is 5.33. The number of nitrogens with one attached hydrogen (secondary N) is 1. The first kappa shape index (κ1) is 9.51. The van der Waals surface area contributed by atoms with Gasteiger partial charge in [-0.05, 0) is 6.42 Å². The Labute approximate surface area is 77.7 Å². The molecule has 0 aromatic carbocycles. The lowest BCUT2D eigenvalue weighted by Gasteiger charge is -2.03. The Morgan fingerprint density at radius 1 is 1.69 bits per heavy atom. The maximum Gasteiger partial charge on any atom is 0.225 e. The molecule has 1 aromatic heterocycles. The Hall–Kier alpha value is -1.58. The summed E-state index contributed by atoms with van der Waals surface area (Å²) in [5, 5.41) is 2.84. The molecule has 4 nitrogen and oxygen atoms in total. The summed E-state index contributed by atoms with van der Waals surface area (Å²) in [4.78, 5) is 8.05. The van der Waals surface area contributed by atoms with Gasteiger partial charge in [0.2, 0.25) is 11.8 Å². The lowest BCUT2D eigenvalue weighted by atomic mass is 10.4. The van der Waals surface area contributed by atoms with Crippen molar-refractivity contribution < 1.29 is 4.74 Å². The molecule has 0 spiro atoms. The van der Waals surface area contributed by atoms with Crippen molar-refractivity contribution in [3.05, 3.63) is 24.9 Å². The molecule has 0 aliphatic rings. The van der Waals surface area contributed by atoms with Crippen LogP contribution in [-0.4, -0.2) is 23.6 Å². The molecule has 0 fully saturated rings. The van der Waals surface area contributed by atoms with Crippen LogP contribution in [0.15, 0.2) is 24.9 Å². The second-order valence-electron chi connectivity index (χ2n) is 2.39.